The van der Waals surface area contributed by atoms with Gasteiger partial charge >= 0.3 is 12.1 Å². The number of nitrogens with zero attached hydrogens (tertiary/aromatic N) is 3. The van der Waals surface area contributed by atoms with Crippen LogP contribution in [0.2, 0.25) is 0 Å². The molecule has 0 aromatic heterocycles. The standard InChI is InChI=1S/C28H51N7O4/c1-22(29-2)25(36)32-24(26(37)33-16-10-11-17-33)23-12-20-35(21-13-23)28(39)31-15-7-4-3-6-14-30-27(38)34-18-8-5-9-19-34/h22-24,29H,3-21H2,1-2H3,(H,30,38)(H,31,39)(H,32,36)/t22-,24-/m0/s1. The number of likely N-dealkylation sites (tertiary alicyclic amines) is 3. The number of unbranched alkanes of at least 4 members (excludes halogenated alkanes) is 3. The molecule has 3 aliphatic rings. The van der Waals surface area contributed by atoms with Crippen LogP contribution in [0.25, 0.3) is 0 Å². The predicted molar refractivity (Wildman–Crippen MR) is 151 cm³/mol. The van der Waals surface area contributed by atoms with E-state index in [0.717, 1.165) is 77.5 Å². The first-order chi connectivity index (χ1) is 18.9. The summed E-state index contributed by atoms with van der Waals surface area (Å²) in [4.78, 5) is 56.3. The van der Waals surface area contributed by atoms with Crippen molar-refractivity contribution >= 4 is 23.9 Å². The van der Waals surface area contributed by atoms with Crippen LogP contribution in [0.5, 0.6) is 0 Å². The number of likely N-dealkylation sites (N-methyl/N-ethyl adjacent to an activating group) is 1. The highest BCUT2D eigenvalue weighted by Crippen LogP contribution is 2.24. The van der Waals surface area contributed by atoms with Crippen molar-refractivity contribution < 1.29 is 19.2 Å². The van der Waals surface area contributed by atoms with Crippen molar-refractivity contribution in [2.24, 2.45) is 5.92 Å². The van der Waals surface area contributed by atoms with Crippen molar-refractivity contribution in [2.75, 3.05) is 59.4 Å². The van der Waals surface area contributed by atoms with Crippen LogP contribution in [0.3, 0.4) is 0 Å². The summed E-state index contributed by atoms with van der Waals surface area (Å²) in [6.45, 7) is 7.51. The Morgan fingerprint density at radius 2 is 1.18 bits per heavy atom. The molecule has 0 radical (unpaired) electrons. The summed E-state index contributed by atoms with van der Waals surface area (Å²) in [7, 11) is 1.73. The Kier molecular flexibility index (Phi) is 13.1. The molecule has 3 fully saturated rings. The zero-order valence-electron chi connectivity index (χ0n) is 24.1. The van der Waals surface area contributed by atoms with Gasteiger partial charge in [-0.15, -0.1) is 0 Å². The highest BCUT2D eigenvalue weighted by Gasteiger charge is 2.37. The Morgan fingerprint density at radius 1 is 0.692 bits per heavy atom. The van der Waals surface area contributed by atoms with Gasteiger partial charge in [-0.3, -0.25) is 9.59 Å². The first-order valence-electron chi connectivity index (χ1n) is 15.2. The number of carbonyl (C=O) groups excluding carboxylic acids is 4. The molecule has 0 unspecified atom stereocenters. The fraction of sp³-hybridized carbons (Fsp3) is 0.857. The molecule has 3 saturated heterocycles. The molecule has 3 rings (SSSR count). The number of hydrogen-bond acceptors (Lipinski definition) is 5. The van der Waals surface area contributed by atoms with Gasteiger partial charge < -0.3 is 36.0 Å². The third kappa shape index (κ3) is 9.85. The Bertz CT molecular complexity index is 791. The van der Waals surface area contributed by atoms with E-state index < -0.39 is 6.04 Å². The van der Waals surface area contributed by atoms with Crippen LogP contribution < -0.4 is 21.3 Å². The van der Waals surface area contributed by atoms with Gasteiger partial charge in [0.2, 0.25) is 11.8 Å². The molecule has 0 saturated carbocycles. The average molecular weight is 550 g/mol. The van der Waals surface area contributed by atoms with Crippen molar-refractivity contribution in [1.82, 2.24) is 36.0 Å². The van der Waals surface area contributed by atoms with Gasteiger partial charge in [0.1, 0.15) is 6.04 Å². The maximum absolute atomic E-state index is 13.3. The molecule has 3 aliphatic heterocycles. The first kappa shape index (κ1) is 31.0. The molecule has 0 spiro atoms. The Morgan fingerprint density at radius 3 is 1.72 bits per heavy atom. The second-order valence-electron chi connectivity index (χ2n) is 11.3. The fourth-order valence-electron chi connectivity index (χ4n) is 5.68. The van der Waals surface area contributed by atoms with E-state index in [1.807, 2.05) is 14.7 Å². The summed E-state index contributed by atoms with van der Waals surface area (Å²) in [5.74, 6) is -0.136. The molecule has 11 nitrogen and oxygen atoms in total. The van der Waals surface area contributed by atoms with Crippen LogP contribution in [0.1, 0.15) is 77.6 Å². The molecule has 11 heteroatoms. The SMILES string of the molecule is CN[C@@H](C)C(=O)N[C@H](C(=O)N1CCCC1)C1CCN(C(=O)NCCCCCCNC(=O)N2CCCCC2)CC1. The van der Waals surface area contributed by atoms with E-state index in [9.17, 15) is 19.2 Å². The monoisotopic (exact) mass is 549 g/mol. The van der Waals surface area contributed by atoms with Gasteiger partial charge in [0.25, 0.3) is 0 Å². The molecule has 39 heavy (non-hydrogen) atoms. The second-order valence-corrected chi connectivity index (χ2v) is 11.3. The molecule has 2 atom stereocenters. The van der Waals surface area contributed by atoms with E-state index in [2.05, 4.69) is 21.3 Å². The minimum absolute atomic E-state index is 0.0121. The Labute approximate surface area is 234 Å². The summed E-state index contributed by atoms with van der Waals surface area (Å²) in [5.41, 5.74) is 0. The summed E-state index contributed by atoms with van der Waals surface area (Å²) in [5, 5.41) is 12.0. The zero-order chi connectivity index (χ0) is 28.0. The topological polar surface area (TPSA) is 126 Å². The van der Waals surface area contributed by atoms with E-state index in [0.29, 0.717) is 39.0 Å². The summed E-state index contributed by atoms with van der Waals surface area (Å²) < 4.78 is 0. The number of hydrogen-bond donors (Lipinski definition) is 4. The summed E-state index contributed by atoms with van der Waals surface area (Å²) in [6.07, 6.45) is 10.7. The highest BCUT2D eigenvalue weighted by molar-refractivity contribution is 5.90. The van der Waals surface area contributed by atoms with Gasteiger partial charge in [-0.05, 0) is 77.7 Å². The first-order valence-corrected chi connectivity index (χ1v) is 15.2. The van der Waals surface area contributed by atoms with Crippen molar-refractivity contribution in [3.05, 3.63) is 0 Å². The molecule has 0 aromatic carbocycles. The van der Waals surface area contributed by atoms with Gasteiger partial charge in [0, 0.05) is 52.4 Å². The minimum atomic E-state index is -0.541. The van der Waals surface area contributed by atoms with Crippen molar-refractivity contribution in [2.45, 2.75) is 89.6 Å². The van der Waals surface area contributed by atoms with Crippen LogP contribution in [0, 0.1) is 5.92 Å². The Hall–Kier alpha value is -2.56. The molecular weight excluding hydrogens is 498 g/mol. The Balaban J connectivity index is 1.30. The van der Waals surface area contributed by atoms with Crippen LogP contribution in [-0.4, -0.2) is 110 Å². The largest absolute Gasteiger partial charge is 0.343 e. The number of rotatable bonds is 12. The number of nitrogens with one attached hydrogen (secondary N) is 4. The molecule has 3 heterocycles. The van der Waals surface area contributed by atoms with Gasteiger partial charge in [-0.2, -0.15) is 0 Å². The van der Waals surface area contributed by atoms with E-state index in [-0.39, 0.29) is 35.8 Å². The van der Waals surface area contributed by atoms with Crippen molar-refractivity contribution in [3.8, 4) is 0 Å². The molecule has 0 aromatic rings. The van der Waals surface area contributed by atoms with Gasteiger partial charge in [-0.1, -0.05) is 12.8 Å². The molecule has 6 amide bonds. The second kappa shape index (κ2) is 16.5. The van der Waals surface area contributed by atoms with E-state index in [1.165, 1.54) is 6.42 Å². The third-order valence-electron chi connectivity index (χ3n) is 8.41. The maximum atomic E-state index is 13.3. The van der Waals surface area contributed by atoms with Crippen LogP contribution >= 0.6 is 0 Å². The average Bonchev–Trinajstić information content (AvgIpc) is 3.52. The predicted octanol–water partition coefficient (Wildman–Crippen LogP) is 1.88. The summed E-state index contributed by atoms with van der Waals surface area (Å²) in [6, 6.07) is -0.908. The zero-order valence-corrected chi connectivity index (χ0v) is 24.1. The van der Waals surface area contributed by atoms with Gasteiger partial charge in [-0.25, -0.2) is 9.59 Å². The molecule has 222 valence electrons. The molecule has 0 aliphatic carbocycles. The minimum Gasteiger partial charge on any atom is -0.343 e. The molecule has 4 N–H and O–H groups in total. The summed E-state index contributed by atoms with van der Waals surface area (Å²) >= 11 is 0. The smallest absolute Gasteiger partial charge is 0.317 e. The lowest BCUT2D eigenvalue weighted by Gasteiger charge is -2.37. The molecular formula is C28H51N7O4. The van der Waals surface area contributed by atoms with Crippen molar-refractivity contribution in [3.63, 3.8) is 0 Å². The maximum Gasteiger partial charge on any atom is 0.317 e. The quantitative estimate of drug-likeness (QED) is 0.277. The normalized spacial score (nSPS) is 19.9. The van der Waals surface area contributed by atoms with Crippen LogP contribution in [0.15, 0.2) is 0 Å². The molecule has 0 bridgehead atoms. The number of piperidine rings is 2. The fourth-order valence-corrected chi connectivity index (χ4v) is 5.68. The number of carbonyl (C=O) groups is 4. The van der Waals surface area contributed by atoms with Crippen molar-refractivity contribution in [1.29, 1.82) is 0 Å². The lowest BCUT2D eigenvalue weighted by Crippen LogP contribution is -2.57. The van der Waals surface area contributed by atoms with E-state index in [1.54, 1.807) is 14.0 Å². The number of urea groups is 2. The highest BCUT2D eigenvalue weighted by atomic mass is 16.2. The van der Waals surface area contributed by atoms with Gasteiger partial charge in [0.05, 0.1) is 6.04 Å². The van der Waals surface area contributed by atoms with E-state index in [4.69, 9.17) is 0 Å². The lowest BCUT2D eigenvalue weighted by atomic mass is 9.88. The third-order valence-corrected chi connectivity index (χ3v) is 8.41. The lowest BCUT2D eigenvalue weighted by molar-refractivity contribution is -0.138. The van der Waals surface area contributed by atoms with Crippen LogP contribution in [0.4, 0.5) is 9.59 Å². The van der Waals surface area contributed by atoms with Gasteiger partial charge in [0.15, 0.2) is 0 Å². The van der Waals surface area contributed by atoms with E-state index >= 15 is 0 Å². The van der Waals surface area contributed by atoms with Crippen LogP contribution in [-0.2, 0) is 9.59 Å². The number of amides is 6.